The number of hydrogen-bond donors (Lipinski definition) is 1. The van der Waals surface area contributed by atoms with Gasteiger partial charge >= 0.3 is 5.97 Å². The van der Waals surface area contributed by atoms with Gasteiger partial charge in [-0.15, -0.1) is 0 Å². The van der Waals surface area contributed by atoms with Crippen molar-refractivity contribution in [2.24, 2.45) is 11.8 Å². The number of ether oxygens (including phenoxy) is 2. The molecule has 0 bridgehead atoms. The Balaban J connectivity index is 1.76. The molecule has 2 aromatic rings. The SMILES string of the molecule is C[C@H]1O[C@H]2c3cc(-c4ccccc4)ccc3OC(C)(C)[C@@H]2C[C@@H]1C(=O)O. The fraction of sp³-hybridized carbons (Fsp3) is 0.409. The molecule has 0 radical (unpaired) electrons. The molecular formula is C22H24O4. The molecule has 2 aromatic carbocycles. The summed E-state index contributed by atoms with van der Waals surface area (Å²) < 4.78 is 12.5. The van der Waals surface area contributed by atoms with Gasteiger partial charge in [0.25, 0.3) is 0 Å². The molecule has 2 heterocycles. The Morgan fingerprint density at radius 1 is 1.12 bits per heavy atom. The third kappa shape index (κ3) is 2.78. The smallest absolute Gasteiger partial charge is 0.309 e. The average Bonchev–Trinajstić information content (AvgIpc) is 2.61. The Bertz CT molecular complexity index is 827. The van der Waals surface area contributed by atoms with Crippen molar-refractivity contribution in [3.63, 3.8) is 0 Å². The number of rotatable bonds is 2. The van der Waals surface area contributed by atoms with E-state index < -0.39 is 17.5 Å². The van der Waals surface area contributed by atoms with E-state index in [1.807, 2.05) is 45.0 Å². The summed E-state index contributed by atoms with van der Waals surface area (Å²) >= 11 is 0. The number of aliphatic carboxylic acids is 1. The van der Waals surface area contributed by atoms with Crippen LogP contribution in [0.15, 0.2) is 48.5 Å². The molecule has 2 aliphatic rings. The molecule has 4 nitrogen and oxygen atoms in total. The summed E-state index contributed by atoms with van der Waals surface area (Å²) in [7, 11) is 0. The van der Waals surface area contributed by atoms with Crippen LogP contribution >= 0.6 is 0 Å². The molecule has 0 amide bonds. The van der Waals surface area contributed by atoms with Gasteiger partial charge < -0.3 is 14.6 Å². The van der Waals surface area contributed by atoms with Gasteiger partial charge in [0.15, 0.2) is 0 Å². The minimum absolute atomic E-state index is 0.00155. The topological polar surface area (TPSA) is 55.8 Å². The summed E-state index contributed by atoms with van der Waals surface area (Å²) in [5.74, 6) is -0.469. The van der Waals surface area contributed by atoms with Crippen LogP contribution in [0.5, 0.6) is 5.75 Å². The van der Waals surface area contributed by atoms with E-state index in [4.69, 9.17) is 9.47 Å². The molecular weight excluding hydrogens is 328 g/mol. The molecule has 1 saturated heterocycles. The summed E-state index contributed by atoms with van der Waals surface area (Å²) in [5, 5.41) is 9.54. The zero-order valence-corrected chi connectivity index (χ0v) is 15.3. The van der Waals surface area contributed by atoms with Crippen LogP contribution in [0.2, 0.25) is 0 Å². The summed E-state index contributed by atoms with van der Waals surface area (Å²) in [6, 6.07) is 16.4. The van der Waals surface area contributed by atoms with Gasteiger partial charge in [-0.1, -0.05) is 36.4 Å². The second kappa shape index (κ2) is 6.13. The highest BCUT2D eigenvalue weighted by atomic mass is 16.5. The zero-order valence-electron chi connectivity index (χ0n) is 15.3. The monoisotopic (exact) mass is 352 g/mol. The third-order valence-corrected chi connectivity index (χ3v) is 5.81. The molecule has 4 rings (SSSR count). The van der Waals surface area contributed by atoms with Gasteiger partial charge in [-0.3, -0.25) is 4.79 Å². The van der Waals surface area contributed by atoms with Crippen LogP contribution in [-0.2, 0) is 9.53 Å². The first kappa shape index (κ1) is 17.1. The van der Waals surface area contributed by atoms with Crippen LogP contribution < -0.4 is 4.74 Å². The number of fused-ring (bicyclic) bond motifs is 3. The summed E-state index contributed by atoms with van der Waals surface area (Å²) in [6.07, 6.45) is 0.0855. The first-order valence-electron chi connectivity index (χ1n) is 9.13. The maximum absolute atomic E-state index is 11.6. The Morgan fingerprint density at radius 3 is 2.54 bits per heavy atom. The molecule has 4 heteroatoms. The van der Waals surface area contributed by atoms with Gasteiger partial charge in [0, 0.05) is 11.5 Å². The van der Waals surface area contributed by atoms with Crippen LogP contribution in [0.3, 0.4) is 0 Å². The van der Waals surface area contributed by atoms with E-state index >= 15 is 0 Å². The number of carboxylic acids is 1. The van der Waals surface area contributed by atoms with Gasteiger partial charge in [0.05, 0.1) is 18.1 Å². The third-order valence-electron chi connectivity index (χ3n) is 5.81. The zero-order chi connectivity index (χ0) is 18.5. The Morgan fingerprint density at radius 2 is 1.85 bits per heavy atom. The maximum atomic E-state index is 11.6. The van der Waals surface area contributed by atoms with E-state index in [9.17, 15) is 9.90 Å². The Hall–Kier alpha value is -2.33. The maximum Gasteiger partial charge on any atom is 0.309 e. The predicted octanol–water partition coefficient (Wildman–Crippen LogP) is 4.69. The first-order valence-corrected chi connectivity index (χ1v) is 9.13. The van der Waals surface area contributed by atoms with Crippen molar-refractivity contribution in [2.45, 2.75) is 45.0 Å². The number of carbonyl (C=O) groups is 1. The molecule has 0 aromatic heterocycles. The van der Waals surface area contributed by atoms with Crippen LogP contribution in [0.25, 0.3) is 11.1 Å². The molecule has 0 unspecified atom stereocenters. The van der Waals surface area contributed by atoms with Crippen molar-refractivity contribution in [3.05, 3.63) is 54.1 Å². The van der Waals surface area contributed by atoms with Gasteiger partial charge in [0.1, 0.15) is 11.4 Å². The highest BCUT2D eigenvalue weighted by Gasteiger charge is 2.51. The lowest BCUT2D eigenvalue weighted by Gasteiger charge is -2.50. The lowest BCUT2D eigenvalue weighted by molar-refractivity contribution is -0.183. The molecule has 0 saturated carbocycles. The van der Waals surface area contributed by atoms with Crippen LogP contribution in [-0.4, -0.2) is 22.8 Å². The summed E-state index contributed by atoms with van der Waals surface area (Å²) in [5.41, 5.74) is 2.80. The first-order chi connectivity index (χ1) is 12.4. The minimum Gasteiger partial charge on any atom is -0.487 e. The normalized spacial score (nSPS) is 29.2. The summed E-state index contributed by atoms with van der Waals surface area (Å²) in [6.45, 7) is 5.91. The standard InChI is InChI=1S/C22H24O4/c1-13-16(21(23)24)12-18-20(25-13)17-11-15(14-7-5-4-6-8-14)9-10-19(17)26-22(18,2)3/h4-11,13,16,18,20H,12H2,1-3H3,(H,23,24)/t13-,16+,18-,20+/m1/s1. The molecule has 2 aliphatic heterocycles. The van der Waals surface area contributed by atoms with Gasteiger partial charge in [0.2, 0.25) is 0 Å². The van der Waals surface area contributed by atoms with E-state index in [0.29, 0.717) is 6.42 Å². The molecule has 4 atom stereocenters. The fourth-order valence-corrected chi connectivity index (χ4v) is 4.28. The summed E-state index contributed by atoms with van der Waals surface area (Å²) in [4.78, 5) is 11.6. The predicted molar refractivity (Wildman–Crippen MR) is 99.1 cm³/mol. The fourth-order valence-electron chi connectivity index (χ4n) is 4.28. The molecule has 136 valence electrons. The molecule has 0 spiro atoms. The van der Waals surface area contributed by atoms with Crippen molar-refractivity contribution in [3.8, 4) is 16.9 Å². The Labute approximate surface area is 153 Å². The van der Waals surface area contributed by atoms with E-state index in [1.165, 1.54) is 0 Å². The van der Waals surface area contributed by atoms with Crippen molar-refractivity contribution in [2.75, 3.05) is 0 Å². The number of benzene rings is 2. The lowest BCUT2D eigenvalue weighted by atomic mass is 9.72. The number of carboxylic acid groups (broad SMARTS) is 1. The largest absolute Gasteiger partial charge is 0.487 e. The van der Waals surface area contributed by atoms with Crippen molar-refractivity contribution < 1.29 is 19.4 Å². The second-order valence-corrected chi connectivity index (χ2v) is 7.87. The molecule has 0 aliphatic carbocycles. The van der Waals surface area contributed by atoms with E-state index in [2.05, 4.69) is 24.3 Å². The van der Waals surface area contributed by atoms with E-state index in [0.717, 1.165) is 22.4 Å². The molecule has 1 N–H and O–H groups in total. The van der Waals surface area contributed by atoms with Crippen LogP contribution in [0, 0.1) is 11.8 Å². The lowest BCUT2D eigenvalue weighted by Crippen LogP contribution is -2.51. The van der Waals surface area contributed by atoms with Crippen LogP contribution in [0.4, 0.5) is 0 Å². The van der Waals surface area contributed by atoms with E-state index in [1.54, 1.807) is 0 Å². The van der Waals surface area contributed by atoms with Crippen LogP contribution in [0.1, 0.15) is 38.9 Å². The van der Waals surface area contributed by atoms with Gasteiger partial charge in [-0.2, -0.15) is 0 Å². The van der Waals surface area contributed by atoms with E-state index in [-0.39, 0.29) is 18.1 Å². The Kier molecular flexibility index (Phi) is 4.03. The van der Waals surface area contributed by atoms with Crippen molar-refractivity contribution >= 4 is 5.97 Å². The molecule has 26 heavy (non-hydrogen) atoms. The van der Waals surface area contributed by atoms with Gasteiger partial charge in [-0.25, -0.2) is 0 Å². The highest BCUT2D eigenvalue weighted by molar-refractivity contribution is 5.71. The average molecular weight is 352 g/mol. The van der Waals surface area contributed by atoms with Crippen molar-refractivity contribution in [1.82, 2.24) is 0 Å². The highest BCUT2D eigenvalue weighted by Crippen LogP contribution is 2.52. The quantitative estimate of drug-likeness (QED) is 0.852. The van der Waals surface area contributed by atoms with Crippen molar-refractivity contribution in [1.29, 1.82) is 0 Å². The van der Waals surface area contributed by atoms with Gasteiger partial charge in [-0.05, 0) is 50.5 Å². The number of hydrogen-bond acceptors (Lipinski definition) is 3. The molecule has 1 fully saturated rings. The second-order valence-electron chi connectivity index (χ2n) is 7.87. The minimum atomic E-state index is -0.796.